The Kier molecular flexibility index (Phi) is 2.86. The maximum absolute atomic E-state index is 12.1. The lowest BCUT2D eigenvalue weighted by atomic mass is 10.2. The van der Waals surface area contributed by atoms with Crippen molar-refractivity contribution in [3.8, 4) is 0 Å². The summed E-state index contributed by atoms with van der Waals surface area (Å²) in [6.45, 7) is 1.75. The summed E-state index contributed by atoms with van der Waals surface area (Å²) >= 11 is 3.26. The first kappa shape index (κ1) is 11.3. The van der Waals surface area contributed by atoms with Crippen molar-refractivity contribution >= 4 is 26.0 Å². The molecule has 0 spiro atoms. The maximum atomic E-state index is 12.1. The molecule has 0 fully saturated rings. The van der Waals surface area contributed by atoms with Gasteiger partial charge in [-0.25, -0.2) is 0 Å². The fourth-order valence-corrected chi connectivity index (χ4v) is 3.22. The van der Waals surface area contributed by atoms with E-state index in [1.807, 2.05) is 0 Å². The first-order valence-electron chi connectivity index (χ1n) is 4.53. The van der Waals surface area contributed by atoms with Gasteiger partial charge in [0.2, 0.25) is 0 Å². The Morgan fingerprint density at radius 2 is 2.12 bits per heavy atom. The molecule has 0 aliphatic rings. The van der Waals surface area contributed by atoms with Gasteiger partial charge in [-0.05, 0) is 30.7 Å². The summed E-state index contributed by atoms with van der Waals surface area (Å²) in [5.41, 5.74) is 0.693. The van der Waals surface area contributed by atoms with Gasteiger partial charge in [0.15, 0.2) is 0 Å². The molecule has 2 rings (SSSR count). The minimum atomic E-state index is -3.57. The molecule has 0 saturated heterocycles. The number of hydrogen-bond acceptors (Lipinski definition) is 3. The van der Waals surface area contributed by atoms with Gasteiger partial charge < -0.3 is 0 Å². The molecule has 0 N–H and O–H groups in total. The standard InChI is InChI=1S/C10H9BrN2O2S/c1-8-3-4-9(11)7-10(8)16(14,15)13-6-2-5-12-13/h2-7H,1H3. The Bertz CT molecular complexity index is 606. The van der Waals surface area contributed by atoms with Gasteiger partial charge in [-0.1, -0.05) is 22.0 Å². The zero-order valence-corrected chi connectivity index (χ0v) is 10.9. The van der Waals surface area contributed by atoms with Crippen molar-refractivity contribution in [2.24, 2.45) is 0 Å². The summed E-state index contributed by atoms with van der Waals surface area (Å²) in [4.78, 5) is 0.255. The van der Waals surface area contributed by atoms with Crippen molar-refractivity contribution in [2.75, 3.05) is 0 Å². The number of hydrogen-bond donors (Lipinski definition) is 0. The van der Waals surface area contributed by atoms with Crippen LogP contribution < -0.4 is 0 Å². The number of benzene rings is 1. The third-order valence-electron chi connectivity index (χ3n) is 2.15. The zero-order valence-electron chi connectivity index (χ0n) is 8.46. The van der Waals surface area contributed by atoms with Crippen LogP contribution in [0.5, 0.6) is 0 Å². The van der Waals surface area contributed by atoms with Gasteiger partial charge in [-0.15, -0.1) is 0 Å². The third kappa shape index (κ3) is 1.90. The van der Waals surface area contributed by atoms with Gasteiger partial charge in [0, 0.05) is 10.7 Å². The quantitative estimate of drug-likeness (QED) is 0.854. The predicted molar refractivity (Wildman–Crippen MR) is 63.7 cm³/mol. The summed E-state index contributed by atoms with van der Waals surface area (Å²) in [5, 5.41) is 3.75. The molecule has 0 saturated carbocycles. The fourth-order valence-electron chi connectivity index (χ4n) is 1.35. The van der Waals surface area contributed by atoms with E-state index in [0.717, 1.165) is 8.56 Å². The predicted octanol–water partition coefficient (Wildman–Crippen LogP) is 2.19. The Labute approximate surface area is 102 Å². The van der Waals surface area contributed by atoms with E-state index in [2.05, 4.69) is 21.0 Å². The molecule has 1 aromatic heterocycles. The van der Waals surface area contributed by atoms with E-state index in [0.29, 0.717) is 5.56 Å². The van der Waals surface area contributed by atoms with E-state index in [1.165, 1.54) is 12.4 Å². The summed E-state index contributed by atoms with van der Waals surface area (Å²) in [7, 11) is -3.57. The molecular weight excluding hydrogens is 292 g/mol. The molecular formula is C10H9BrN2O2S. The number of nitrogens with zero attached hydrogens (tertiary/aromatic N) is 2. The highest BCUT2D eigenvalue weighted by molar-refractivity contribution is 9.10. The molecule has 0 aliphatic heterocycles. The Morgan fingerprint density at radius 1 is 1.38 bits per heavy atom. The van der Waals surface area contributed by atoms with Gasteiger partial charge in [0.1, 0.15) is 0 Å². The molecule has 0 bridgehead atoms. The molecule has 0 amide bonds. The molecule has 1 heterocycles. The summed E-state index contributed by atoms with van der Waals surface area (Å²) in [6.07, 6.45) is 2.85. The summed E-state index contributed by atoms with van der Waals surface area (Å²) in [6, 6.07) is 6.70. The second-order valence-corrected chi connectivity index (χ2v) is 5.97. The number of aromatic nitrogens is 2. The van der Waals surface area contributed by atoms with Crippen LogP contribution in [-0.4, -0.2) is 17.6 Å². The Balaban J connectivity index is 2.65. The maximum Gasteiger partial charge on any atom is 0.283 e. The SMILES string of the molecule is Cc1ccc(Br)cc1S(=O)(=O)n1cccn1. The Morgan fingerprint density at radius 3 is 2.75 bits per heavy atom. The van der Waals surface area contributed by atoms with Crippen LogP contribution in [0.3, 0.4) is 0 Å². The number of rotatable bonds is 2. The van der Waals surface area contributed by atoms with Crippen LogP contribution in [0.25, 0.3) is 0 Å². The van der Waals surface area contributed by atoms with E-state index in [1.54, 1.807) is 31.2 Å². The summed E-state index contributed by atoms with van der Waals surface area (Å²) < 4.78 is 26.0. The first-order valence-corrected chi connectivity index (χ1v) is 6.76. The van der Waals surface area contributed by atoms with Gasteiger partial charge in [0.05, 0.1) is 11.1 Å². The van der Waals surface area contributed by atoms with E-state index in [9.17, 15) is 8.42 Å². The van der Waals surface area contributed by atoms with Crippen LogP contribution in [0.4, 0.5) is 0 Å². The van der Waals surface area contributed by atoms with Crippen LogP contribution in [-0.2, 0) is 10.0 Å². The Hall–Kier alpha value is -1.14. The molecule has 6 heteroatoms. The highest BCUT2D eigenvalue weighted by Gasteiger charge is 2.19. The summed E-state index contributed by atoms with van der Waals surface area (Å²) in [5.74, 6) is 0. The lowest BCUT2D eigenvalue weighted by Crippen LogP contribution is -2.14. The molecule has 0 unspecified atom stereocenters. The van der Waals surface area contributed by atoms with Gasteiger partial charge in [0.25, 0.3) is 10.0 Å². The average molecular weight is 301 g/mol. The fraction of sp³-hybridized carbons (Fsp3) is 0.100. The van der Waals surface area contributed by atoms with Crippen molar-refractivity contribution in [2.45, 2.75) is 11.8 Å². The van der Waals surface area contributed by atoms with Crippen molar-refractivity contribution in [1.82, 2.24) is 9.19 Å². The lowest BCUT2D eigenvalue weighted by molar-refractivity contribution is 0.579. The molecule has 0 radical (unpaired) electrons. The molecule has 16 heavy (non-hydrogen) atoms. The molecule has 4 nitrogen and oxygen atoms in total. The smallest absolute Gasteiger partial charge is 0.199 e. The zero-order chi connectivity index (χ0) is 11.8. The minimum absolute atomic E-state index is 0.255. The first-order chi connectivity index (χ1) is 7.51. The highest BCUT2D eigenvalue weighted by Crippen LogP contribution is 2.22. The number of halogens is 1. The van der Waals surface area contributed by atoms with Crippen LogP contribution in [0.2, 0.25) is 0 Å². The number of aryl methyl sites for hydroxylation is 1. The van der Waals surface area contributed by atoms with E-state index in [4.69, 9.17) is 0 Å². The van der Waals surface area contributed by atoms with E-state index < -0.39 is 10.0 Å². The van der Waals surface area contributed by atoms with Gasteiger partial charge in [-0.3, -0.25) is 0 Å². The van der Waals surface area contributed by atoms with E-state index in [-0.39, 0.29) is 4.90 Å². The molecule has 84 valence electrons. The van der Waals surface area contributed by atoms with Crippen LogP contribution in [0, 0.1) is 6.92 Å². The lowest BCUT2D eigenvalue weighted by Gasteiger charge is -2.07. The third-order valence-corrected chi connectivity index (χ3v) is 4.35. The molecule has 0 aliphatic carbocycles. The highest BCUT2D eigenvalue weighted by atomic mass is 79.9. The average Bonchev–Trinajstić information content (AvgIpc) is 2.75. The van der Waals surface area contributed by atoms with Crippen molar-refractivity contribution in [1.29, 1.82) is 0 Å². The van der Waals surface area contributed by atoms with Crippen molar-refractivity contribution in [3.63, 3.8) is 0 Å². The van der Waals surface area contributed by atoms with Crippen molar-refractivity contribution in [3.05, 3.63) is 46.7 Å². The second kappa shape index (κ2) is 4.03. The largest absolute Gasteiger partial charge is 0.283 e. The van der Waals surface area contributed by atoms with Crippen molar-refractivity contribution < 1.29 is 8.42 Å². The monoisotopic (exact) mass is 300 g/mol. The topological polar surface area (TPSA) is 52.0 Å². The van der Waals surface area contributed by atoms with Gasteiger partial charge in [-0.2, -0.15) is 17.6 Å². The second-order valence-electron chi connectivity index (χ2n) is 3.29. The van der Waals surface area contributed by atoms with E-state index >= 15 is 0 Å². The normalized spacial score (nSPS) is 11.6. The molecule has 1 aromatic carbocycles. The van der Waals surface area contributed by atoms with Crippen LogP contribution >= 0.6 is 15.9 Å². The minimum Gasteiger partial charge on any atom is -0.199 e. The molecule has 0 atom stereocenters. The van der Waals surface area contributed by atoms with Crippen LogP contribution in [0.1, 0.15) is 5.56 Å². The van der Waals surface area contributed by atoms with Crippen LogP contribution in [0.15, 0.2) is 46.0 Å². The van der Waals surface area contributed by atoms with Gasteiger partial charge >= 0.3 is 0 Å². The molecule has 2 aromatic rings.